The van der Waals surface area contributed by atoms with Crippen molar-refractivity contribution in [2.75, 3.05) is 33.2 Å². The second-order valence-electron chi connectivity index (χ2n) is 2.48. The fourth-order valence-electron chi connectivity index (χ4n) is 0.897. The number of hydrogen-bond acceptors (Lipinski definition) is 4. The first-order valence-electron chi connectivity index (χ1n) is 3.39. The second kappa shape index (κ2) is 5.75. The van der Waals surface area contributed by atoms with E-state index in [2.05, 4.69) is 0 Å². The van der Waals surface area contributed by atoms with E-state index in [1.54, 1.807) is 0 Å². The molecule has 0 aromatic heterocycles. The lowest BCUT2D eigenvalue weighted by atomic mass is 10.2. The third-order valence-electron chi connectivity index (χ3n) is 1.24. The third-order valence-corrected chi connectivity index (χ3v) is 2.49. The Morgan fingerprint density at radius 1 is 1.25 bits per heavy atom. The molecule has 74 valence electrons. The van der Waals surface area contributed by atoms with Crippen LogP contribution in [-0.2, 0) is 18.5 Å². The summed E-state index contributed by atoms with van der Waals surface area (Å²) in [4.78, 5) is 0. The minimum absolute atomic E-state index is 0.115. The minimum atomic E-state index is -3.46. The summed E-state index contributed by atoms with van der Waals surface area (Å²) in [6.07, 6.45) is 0. The zero-order chi connectivity index (χ0) is 9.61. The molecule has 0 bridgehead atoms. The van der Waals surface area contributed by atoms with Crippen LogP contribution in [0.3, 0.4) is 0 Å². The molecular formula is C6H13ClO4S. The number of halogens is 1. The van der Waals surface area contributed by atoms with Crippen molar-refractivity contribution < 1.29 is 17.9 Å². The summed E-state index contributed by atoms with van der Waals surface area (Å²) in [6.45, 7) is 0.666. The molecule has 0 aromatic carbocycles. The van der Waals surface area contributed by atoms with E-state index in [0.717, 1.165) is 0 Å². The Labute approximate surface area is 77.2 Å². The summed E-state index contributed by atoms with van der Waals surface area (Å²) >= 11 is 0. The Morgan fingerprint density at radius 3 is 1.92 bits per heavy atom. The Kier molecular flexibility index (Phi) is 5.82. The molecule has 0 aliphatic heterocycles. The zero-order valence-electron chi connectivity index (χ0n) is 7.12. The predicted octanol–water partition coefficient (Wildman–Crippen LogP) is 0.464. The van der Waals surface area contributed by atoms with Gasteiger partial charge in [0.05, 0.1) is 19.0 Å². The van der Waals surface area contributed by atoms with Gasteiger partial charge in [-0.25, -0.2) is 8.42 Å². The van der Waals surface area contributed by atoms with Crippen LogP contribution in [0.25, 0.3) is 0 Å². The van der Waals surface area contributed by atoms with Crippen LogP contribution >= 0.6 is 10.7 Å². The van der Waals surface area contributed by atoms with Crippen LogP contribution < -0.4 is 0 Å². The van der Waals surface area contributed by atoms with Gasteiger partial charge in [-0.3, -0.25) is 0 Å². The van der Waals surface area contributed by atoms with Gasteiger partial charge in [-0.05, 0) is 0 Å². The molecule has 0 aromatic rings. The Morgan fingerprint density at radius 2 is 1.67 bits per heavy atom. The first kappa shape index (κ1) is 12.2. The standard InChI is InChI=1S/C6H13ClO4S/c1-10-3-6(4-11-2)5-12(7,8)9/h6H,3-5H2,1-2H3. The summed E-state index contributed by atoms with van der Waals surface area (Å²) in [5.74, 6) is -0.307. The van der Waals surface area contributed by atoms with Crippen LogP contribution in [-0.4, -0.2) is 41.6 Å². The van der Waals surface area contributed by atoms with Gasteiger partial charge >= 0.3 is 0 Å². The molecule has 0 fully saturated rings. The molecule has 0 N–H and O–H groups in total. The summed E-state index contributed by atoms with van der Waals surface area (Å²) in [5, 5.41) is 0. The van der Waals surface area contributed by atoms with Gasteiger partial charge in [-0.2, -0.15) is 0 Å². The molecule has 0 aliphatic carbocycles. The fraction of sp³-hybridized carbons (Fsp3) is 1.00. The molecule has 12 heavy (non-hydrogen) atoms. The van der Waals surface area contributed by atoms with Crippen LogP contribution in [0, 0.1) is 5.92 Å². The van der Waals surface area contributed by atoms with E-state index in [-0.39, 0.29) is 11.7 Å². The van der Waals surface area contributed by atoms with Gasteiger partial charge in [-0.15, -0.1) is 0 Å². The van der Waals surface area contributed by atoms with Crippen molar-refractivity contribution in [3.8, 4) is 0 Å². The highest BCUT2D eigenvalue weighted by atomic mass is 35.7. The topological polar surface area (TPSA) is 52.6 Å². The first-order chi connectivity index (χ1) is 5.49. The summed E-state index contributed by atoms with van der Waals surface area (Å²) < 4.78 is 30.9. The maximum Gasteiger partial charge on any atom is 0.233 e. The van der Waals surface area contributed by atoms with Crippen LogP contribution in [0.1, 0.15) is 0 Å². The van der Waals surface area contributed by atoms with Crippen LogP contribution in [0.5, 0.6) is 0 Å². The van der Waals surface area contributed by atoms with E-state index in [1.807, 2.05) is 0 Å². The monoisotopic (exact) mass is 216 g/mol. The highest BCUT2D eigenvalue weighted by Crippen LogP contribution is 2.06. The van der Waals surface area contributed by atoms with Gasteiger partial charge < -0.3 is 9.47 Å². The molecule has 0 amide bonds. The second-order valence-corrected chi connectivity index (χ2v) is 5.30. The van der Waals surface area contributed by atoms with Gasteiger partial charge in [0.2, 0.25) is 9.05 Å². The fourth-order valence-corrected chi connectivity index (χ4v) is 2.19. The Balaban J connectivity index is 3.95. The minimum Gasteiger partial charge on any atom is -0.384 e. The third kappa shape index (κ3) is 6.84. The lowest BCUT2D eigenvalue weighted by Crippen LogP contribution is -2.21. The summed E-state index contributed by atoms with van der Waals surface area (Å²) in [6, 6.07) is 0. The van der Waals surface area contributed by atoms with Crippen molar-refractivity contribution in [3.63, 3.8) is 0 Å². The Bertz CT molecular complexity index is 196. The lowest BCUT2D eigenvalue weighted by molar-refractivity contribution is 0.0946. The molecule has 4 nitrogen and oxygen atoms in total. The number of methoxy groups -OCH3 is 2. The van der Waals surface area contributed by atoms with Crippen molar-refractivity contribution in [3.05, 3.63) is 0 Å². The average molecular weight is 217 g/mol. The molecule has 0 saturated heterocycles. The highest BCUT2D eigenvalue weighted by molar-refractivity contribution is 8.13. The molecule has 0 spiro atoms. The number of rotatable bonds is 6. The Hall–Kier alpha value is 0.160. The largest absolute Gasteiger partial charge is 0.384 e. The molecule has 0 heterocycles. The number of ether oxygens (including phenoxy) is 2. The van der Waals surface area contributed by atoms with E-state index < -0.39 is 9.05 Å². The van der Waals surface area contributed by atoms with Crippen molar-refractivity contribution in [2.24, 2.45) is 5.92 Å². The normalized spacial score (nSPS) is 12.3. The molecule has 0 aliphatic rings. The molecule has 0 radical (unpaired) electrons. The average Bonchev–Trinajstić information content (AvgIpc) is 1.84. The van der Waals surface area contributed by atoms with Crippen molar-refractivity contribution in [1.29, 1.82) is 0 Å². The van der Waals surface area contributed by atoms with Gasteiger partial charge in [0.25, 0.3) is 0 Å². The van der Waals surface area contributed by atoms with Crippen LogP contribution in [0.2, 0.25) is 0 Å². The molecular weight excluding hydrogens is 204 g/mol. The highest BCUT2D eigenvalue weighted by Gasteiger charge is 2.16. The molecule has 0 rings (SSSR count). The van der Waals surface area contributed by atoms with Crippen LogP contribution in [0.4, 0.5) is 0 Å². The molecule has 0 atom stereocenters. The van der Waals surface area contributed by atoms with Crippen molar-refractivity contribution in [2.45, 2.75) is 0 Å². The quantitative estimate of drug-likeness (QED) is 0.606. The smallest absolute Gasteiger partial charge is 0.233 e. The lowest BCUT2D eigenvalue weighted by Gasteiger charge is -2.12. The molecule has 0 unspecified atom stereocenters. The van der Waals surface area contributed by atoms with Gasteiger partial charge in [-0.1, -0.05) is 0 Å². The van der Waals surface area contributed by atoms with Crippen molar-refractivity contribution >= 4 is 19.7 Å². The first-order valence-corrected chi connectivity index (χ1v) is 5.87. The van der Waals surface area contributed by atoms with E-state index in [0.29, 0.717) is 13.2 Å². The predicted molar refractivity (Wildman–Crippen MR) is 46.9 cm³/mol. The maximum atomic E-state index is 10.6. The summed E-state index contributed by atoms with van der Waals surface area (Å²) in [7, 11) is 4.61. The zero-order valence-corrected chi connectivity index (χ0v) is 8.69. The van der Waals surface area contributed by atoms with Gasteiger partial charge in [0.1, 0.15) is 0 Å². The van der Waals surface area contributed by atoms with Gasteiger partial charge in [0, 0.05) is 30.8 Å². The van der Waals surface area contributed by atoms with E-state index in [1.165, 1.54) is 14.2 Å². The van der Waals surface area contributed by atoms with Crippen molar-refractivity contribution in [1.82, 2.24) is 0 Å². The van der Waals surface area contributed by atoms with Crippen LogP contribution in [0.15, 0.2) is 0 Å². The molecule has 0 saturated carbocycles. The SMILES string of the molecule is COCC(COC)CS(=O)(=O)Cl. The van der Waals surface area contributed by atoms with E-state index in [9.17, 15) is 8.42 Å². The number of hydrogen-bond donors (Lipinski definition) is 0. The maximum absolute atomic E-state index is 10.6. The van der Waals surface area contributed by atoms with E-state index >= 15 is 0 Å². The molecule has 6 heteroatoms. The van der Waals surface area contributed by atoms with E-state index in [4.69, 9.17) is 20.2 Å². The summed E-state index contributed by atoms with van der Waals surface area (Å²) in [5.41, 5.74) is 0. The van der Waals surface area contributed by atoms with Gasteiger partial charge in [0.15, 0.2) is 0 Å².